The number of nitrogens with one attached hydrogen (secondary N) is 1. The molecule has 6 nitrogen and oxygen atoms in total. The molecule has 0 aliphatic rings. The van der Waals surface area contributed by atoms with E-state index in [-0.39, 0.29) is 0 Å². The third kappa shape index (κ3) is 5.52. The van der Waals surface area contributed by atoms with Crippen LogP contribution < -0.4 is 5.32 Å². The van der Waals surface area contributed by atoms with Gasteiger partial charge in [0.2, 0.25) is 0 Å². The molecule has 3 aromatic rings. The molecule has 0 aliphatic carbocycles. The number of esters is 1. The lowest BCUT2D eigenvalue weighted by Crippen LogP contribution is -2.30. The average Bonchev–Trinajstić information content (AvgIpc) is 3.05. The van der Waals surface area contributed by atoms with Gasteiger partial charge in [-0.05, 0) is 57.2 Å². The minimum Gasteiger partial charge on any atom is -0.449 e. The van der Waals surface area contributed by atoms with Gasteiger partial charge in [-0.2, -0.15) is 0 Å². The molecule has 1 unspecified atom stereocenters. The van der Waals surface area contributed by atoms with E-state index in [0.29, 0.717) is 17.0 Å². The van der Waals surface area contributed by atoms with Gasteiger partial charge in [-0.1, -0.05) is 33.2 Å². The molecule has 1 amide bonds. The van der Waals surface area contributed by atoms with E-state index in [1.165, 1.54) is 11.8 Å². The van der Waals surface area contributed by atoms with Gasteiger partial charge in [0.15, 0.2) is 6.10 Å². The predicted octanol–water partition coefficient (Wildman–Crippen LogP) is 5.53. The van der Waals surface area contributed by atoms with Crippen molar-refractivity contribution in [1.29, 1.82) is 0 Å². The summed E-state index contributed by atoms with van der Waals surface area (Å²) < 4.78 is 11.5. The van der Waals surface area contributed by atoms with Crippen LogP contribution in [0.5, 0.6) is 0 Å². The topological polar surface area (TPSA) is 81.4 Å². The van der Waals surface area contributed by atoms with Crippen molar-refractivity contribution in [3.63, 3.8) is 0 Å². The maximum Gasteiger partial charge on any atom is 0.340 e. The molecule has 156 valence electrons. The zero-order valence-electron chi connectivity index (χ0n) is 16.8. The smallest absolute Gasteiger partial charge is 0.340 e. The first-order valence-corrected chi connectivity index (χ1v) is 11.0. The standard InChI is InChI=1S/C22H21BrN2O4S/c1-13-19(14(2)29-25-13)12-30-20-7-5-4-6-18(20)22(27)28-15(3)21(26)24-17-10-8-16(23)9-11-17/h4-11,15H,12H2,1-3H3,(H,24,26). The van der Waals surface area contributed by atoms with E-state index in [2.05, 4.69) is 26.4 Å². The minimum atomic E-state index is -0.943. The van der Waals surface area contributed by atoms with Crippen LogP contribution in [0.25, 0.3) is 0 Å². The second kappa shape index (κ2) is 9.95. The fourth-order valence-corrected chi connectivity index (χ4v) is 4.13. The number of hydrogen-bond acceptors (Lipinski definition) is 6. The zero-order chi connectivity index (χ0) is 21.7. The Morgan fingerprint density at radius 2 is 1.87 bits per heavy atom. The van der Waals surface area contributed by atoms with E-state index in [1.54, 1.807) is 31.2 Å². The Labute approximate surface area is 187 Å². The molecule has 1 heterocycles. The summed E-state index contributed by atoms with van der Waals surface area (Å²) in [5, 5.41) is 6.69. The van der Waals surface area contributed by atoms with Crippen LogP contribution in [0.1, 0.15) is 34.3 Å². The molecule has 1 aromatic heterocycles. The van der Waals surface area contributed by atoms with Gasteiger partial charge in [-0.3, -0.25) is 4.79 Å². The van der Waals surface area contributed by atoms with Crippen LogP contribution in [0.4, 0.5) is 5.69 Å². The first kappa shape index (κ1) is 22.1. The number of aryl methyl sites for hydroxylation is 2. The molecule has 0 aliphatic heterocycles. The highest BCUT2D eigenvalue weighted by Crippen LogP contribution is 2.29. The fraction of sp³-hybridized carbons (Fsp3) is 0.227. The highest BCUT2D eigenvalue weighted by Gasteiger charge is 2.21. The summed E-state index contributed by atoms with van der Waals surface area (Å²) >= 11 is 4.84. The van der Waals surface area contributed by atoms with Crippen LogP contribution in [0, 0.1) is 13.8 Å². The maximum atomic E-state index is 12.7. The Hall–Kier alpha value is -2.58. The Morgan fingerprint density at radius 3 is 2.53 bits per heavy atom. The monoisotopic (exact) mass is 488 g/mol. The molecule has 30 heavy (non-hydrogen) atoms. The number of carbonyl (C=O) groups is 2. The van der Waals surface area contributed by atoms with Crippen molar-refractivity contribution in [2.75, 3.05) is 5.32 Å². The predicted molar refractivity (Wildman–Crippen MR) is 120 cm³/mol. The Morgan fingerprint density at radius 1 is 1.17 bits per heavy atom. The summed E-state index contributed by atoms with van der Waals surface area (Å²) in [6, 6.07) is 14.3. The van der Waals surface area contributed by atoms with Crippen LogP contribution in [-0.4, -0.2) is 23.1 Å². The normalized spacial score (nSPS) is 11.7. The molecule has 0 spiro atoms. The molecule has 0 saturated carbocycles. The van der Waals surface area contributed by atoms with Crippen molar-refractivity contribution in [2.24, 2.45) is 0 Å². The van der Waals surface area contributed by atoms with E-state index < -0.39 is 18.0 Å². The Bertz CT molecular complexity index is 1030. The Balaban J connectivity index is 1.64. The highest BCUT2D eigenvalue weighted by molar-refractivity contribution is 9.10. The van der Waals surface area contributed by atoms with E-state index in [9.17, 15) is 9.59 Å². The average molecular weight is 489 g/mol. The van der Waals surface area contributed by atoms with Gasteiger partial charge in [0.25, 0.3) is 5.91 Å². The molecule has 0 bridgehead atoms. The summed E-state index contributed by atoms with van der Waals surface area (Å²) in [4.78, 5) is 25.9. The number of hydrogen-bond donors (Lipinski definition) is 1. The lowest BCUT2D eigenvalue weighted by molar-refractivity contribution is -0.123. The van der Waals surface area contributed by atoms with Gasteiger partial charge in [0.1, 0.15) is 5.76 Å². The molecule has 0 saturated heterocycles. The van der Waals surface area contributed by atoms with Crippen LogP contribution in [0.15, 0.2) is 62.4 Å². The number of rotatable bonds is 7. The van der Waals surface area contributed by atoms with Crippen molar-refractivity contribution in [1.82, 2.24) is 5.16 Å². The van der Waals surface area contributed by atoms with Crippen LogP contribution in [0.3, 0.4) is 0 Å². The number of thioether (sulfide) groups is 1. The maximum absolute atomic E-state index is 12.7. The van der Waals surface area contributed by atoms with E-state index in [1.807, 2.05) is 38.1 Å². The number of aromatic nitrogens is 1. The second-order valence-corrected chi connectivity index (χ2v) is 8.56. The van der Waals surface area contributed by atoms with E-state index in [0.717, 1.165) is 26.4 Å². The first-order chi connectivity index (χ1) is 14.3. The SMILES string of the molecule is Cc1noc(C)c1CSc1ccccc1C(=O)OC(C)C(=O)Nc1ccc(Br)cc1. The molecular weight excluding hydrogens is 468 g/mol. The lowest BCUT2D eigenvalue weighted by atomic mass is 10.2. The van der Waals surface area contributed by atoms with Crippen molar-refractivity contribution >= 4 is 45.3 Å². The summed E-state index contributed by atoms with van der Waals surface area (Å²) in [7, 11) is 0. The van der Waals surface area contributed by atoms with Crippen LogP contribution in [-0.2, 0) is 15.3 Å². The quantitative estimate of drug-likeness (QED) is 0.347. The summed E-state index contributed by atoms with van der Waals surface area (Å²) in [6.07, 6.45) is -0.943. The number of amides is 1. The lowest BCUT2D eigenvalue weighted by Gasteiger charge is -2.15. The zero-order valence-corrected chi connectivity index (χ0v) is 19.2. The molecule has 0 radical (unpaired) electrons. The van der Waals surface area contributed by atoms with Gasteiger partial charge < -0.3 is 14.6 Å². The van der Waals surface area contributed by atoms with E-state index >= 15 is 0 Å². The van der Waals surface area contributed by atoms with E-state index in [4.69, 9.17) is 9.26 Å². The van der Waals surface area contributed by atoms with Gasteiger partial charge in [-0.15, -0.1) is 11.8 Å². The van der Waals surface area contributed by atoms with Gasteiger partial charge in [0.05, 0.1) is 11.3 Å². The number of carbonyl (C=O) groups excluding carboxylic acids is 2. The molecule has 0 fully saturated rings. The fourth-order valence-electron chi connectivity index (χ4n) is 2.67. The van der Waals surface area contributed by atoms with Gasteiger partial charge in [-0.25, -0.2) is 4.79 Å². The van der Waals surface area contributed by atoms with Gasteiger partial charge >= 0.3 is 5.97 Å². The number of ether oxygens (including phenoxy) is 1. The number of anilines is 1. The second-order valence-electron chi connectivity index (χ2n) is 6.63. The number of nitrogens with zero attached hydrogens (tertiary/aromatic N) is 1. The molecular formula is C22H21BrN2O4S. The van der Waals surface area contributed by atoms with Crippen molar-refractivity contribution in [3.05, 3.63) is 75.6 Å². The third-order valence-corrected chi connectivity index (χ3v) is 6.05. The number of benzene rings is 2. The van der Waals surface area contributed by atoms with Crippen molar-refractivity contribution < 1.29 is 18.8 Å². The van der Waals surface area contributed by atoms with Crippen molar-refractivity contribution in [2.45, 2.75) is 37.5 Å². The summed E-state index contributed by atoms with van der Waals surface area (Å²) in [5.41, 5.74) is 2.88. The van der Waals surface area contributed by atoms with Crippen LogP contribution in [0.2, 0.25) is 0 Å². The van der Waals surface area contributed by atoms with Gasteiger partial charge in [0, 0.05) is 26.4 Å². The largest absolute Gasteiger partial charge is 0.449 e. The Kier molecular flexibility index (Phi) is 7.33. The highest BCUT2D eigenvalue weighted by atomic mass is 79.9. The molecule has 8 heteroatoms. The summed E-state index contributed by atoms with van der Waals surface area (Å²) in [6.45, 7) is 5.30. The van der Waals surface area contributed by atoms with Crippen LogP contribution >= 0.6 is 27.7 Å². The first-order valence-electron chi connectivity index (χ1n) is 9.26. The molecule has 2 aromatic carbocycles. The summed E-state index contributed by atoms with van der Waals surface area (Å²) in [5.74, 6) is 0.436. The minimum absolute atomic E-state index is 0.397. The molecule has 3 rings (SSSR count). The number of halogens is 1. The molecule has 1 N–H and O–H groups in total. The molecule has 1 atom stereocenters. The third-order valence-electron chi connectivity index (χ3n) is 4.43. The van der Waals surface area contributed by atoms with Crippen molar-refractivity contribution in [3.8, 4) is 0 Å².